The quantitative estimate of drug-likeness (QED) is 0.759. The van der Waals surface area contributed by atoms with Gasteiger partial charge in [-0.3, -0.25) is 9.59 Å². The van der Waals surface area contributed by atoms with Crippen molar-refractivity contribution in [1.82, 2.24) is 0 Å². The molecule has 0 aliphatic heterocycles. The number of ketones is 1. The van der Waals surface area contributed by atoms with Gasteiger partial charge in [-0.05, 0) is 36.4 Å². The largest absolute Gasteiger partial charge is 0.497 e. The summed E-state index contributed by atoms with van der Waals surface area (Å²) in [7, 11) is -2.52. The third-order valence-corrected chi connectivity index (χ3v) is 4.63. The van der Waals surface area contributed by atoms with E-state index in [4.69, 9.17) is 4.74 Å². The van der Waals surface area contributed by atoms with Crippen molar-refractivity contribution in [2.45, 2.75) is 0 Å². The van der Waals surface area contributed by atoms with Crippen molar-refractivity contribution >= 4 is 27.2 Å². The Morgan fingerprint density at radius 3 is 2.40 bits per heavy atom. The van der Waals surface area contributed by atoms with Gasteiger partial charge in [0.1, 0.15) is 23.1 Å². The lowest BCUT2D eigenvalue weighted by atomic mass is 10.1. The third kappa shape index (κ3) is 5.68. The van der Waals surface area contributed by atoms with Crippen LogP contribution in [0.2, 0.25) is 0 Å². The van der Waals surface area contributed by atoms with Crippen molar-refractivity contribution in [3.63, 3.8) is 0 Å². The number of Topliss-reactive ketones (excluding diaryl/α,β-unsaturated/α-hetero) is 1. The van der Waals surface area contributed by atoms with Crippen molar-refractivity contribution in [2.24, 2.45) is 0 Å². The summed E-state index contributed by atoms with van der Waals surface area (Å²) in [4.78, 5) is 23.9. The van der Waals surface area contributed by atoms with Gasteiger partial charge >= 0.3 is 0 Å². The molecule has 1 amide bonds. The van der Waals surface area contributed by atoms with Gasteiger partial charge in [0, 0.05) is 11.3 Å². The van der Waals surface area contributed by atoms with E-state index in [1.54, 1.807) is 12.1 Å². The van der Waals surface area contributed by atoms with Crippen molar-refractivity contribution in [2.75, 3.05) is 23.9 Å². The smallest absolute Gasteiger partial charge is 0.239 e. The highest BCUT2D eigenvalue weighted by atomic mass is 32.2. The Morgan fingerprint density at radius 1 is 1.08 bits per heavy atom. The van der Waals surface area contributed by atoms with E-state index in [2.05, 4.69) is 5.32 Å². The Bertz CT molecular complexity index is 878. The summed E-state index contributed by atoms with van der Waals surface area (Å²) < 4.78 is 41.9. The maximum absolute atomic E-state index is 12.8. The van der Waals surface area contributed by atoms with Crippen LogP contribution in [0.4, 0.5) is 10.1 Å². The lowest BCUT2D eigenvalue weighted by molar-refractivity contribution is -0.113. The molecule has 0 aromatic heterocycles. The zero-order chi connectivity index (χ0) is 18.4. The maximum Gasteiger partial charge on any atom is 0.239 e. The molecule has 6 nitrogen and oxygen atoms in total. The average molecular weight is 365 g/mol. The van der Waals surface area contributed by atoms with Crippen molar-refractivity contribution < 1.29 is 27.1 Å². The van der Waals surface area contributed by atoms with Crippen LogP contribution in [-0.2, 0) is 14.6 Å². The number of sulfone groups is 1. The first-order valence-corrected chi connectivity index (χ1v) is 9.04. The van der Waals surface area contributed by atoms with E-state index in [0.717, 1.165) is 12.1 Å². The number of ether oxygens (including phenoxy) is 1. The number of halogens is 1. The van der Waals surface area contributed by atoms with Crippen molar-refractivity contribution in [3.05, 3.63) is 59.9 Å². The van der Waals surface area contributed by atoms with E-state index in [9.17, 15) is 22.4 Å². The lowest BCUT2D eigenvalue weighted by Gasteiger charge is -2.07. The number of hydrogen-bond donors (Lipinski definition) is 1. The number of benzene rings is 2. The molecule has 0 saturated heterocycles. The van der Waals surface area contributed by atoms with Gasteiger partial charge in [0.25, 0.3) is 0 Å². The zero-order valence-electron chi connectivity index (χ0n) is 13.4. The standard InChI is InChI=1S/C17H16FNO5S/c1-24-15-4-2-3-12(9-15)16(20)10-25(22,23)11-17(21)19-14-7-5-13(18)6-8-14/h2-9H,10-11H2,1H3,(H,19,21). The highest BCUT2D eigenvalue weighted by molar-refractivity contribution is 7.92. The zero-order valence-corrected chi connectivity index (χ0v) is 14.2. The normalized spacial score (nSPS) is 11.0. The van der Waals surface area contributed by atoms with E-state index in [1.165, 1.54) is 31.4 Å². The van der Waals surface area contributed by atoms with Crippen LogP contribution >= 0.6 is 0 Å². The SMILES string of the molecule is COc1cccc(C(=O)CS(=O)(=O)CC(=O)Nc2ccc(F)cc2)c1. The molecule has 8 heteroatoms. The predicted molar refractivity (Wildman–Crippen MR) is 91.0 cm³/mol. The van der Waals surface area contributed by atoms with Gasteiger partial charge in [-0.15, -0.1) is 0 Å². The second kappa shape index (κ2) is 7.89. The molecule has 132 valence electrons. The highest BCUT2D eigenvalue weighted by Crippen LogP contribution is 2.14. The minimum absolute atomic E-state index is 0.182. The van der Waals surface area contributed by atoms with E-state index in [-0.39, 0.29) is 11.3 Å². The molecule has 0 aliphatic rings. The topological polar surface area (TPSA) is 89.5 Å². The maximum atomic E-state index is 12.8. The Morgan fingerprint density at radius 2 is 1.76 bits per heavy atom. The van der Waals surface area contributed by atoms with Gasteiger partial charge < -0.3 is 10.1 Å². The fraction of sp³-hybridized carbons (Fsp3) is 0.176. The first-order chi connectivity index (χ1) is 11.8. The molecule has 0 unspecified atom stereocenters. The number of hydrogen-bond acceptors (Lipinski definition) is 5. The predicted octanol–water partition coefficient (Wildman–Crippen LogP) is 2.07. The van der Waals surface area contributed by atoms with Gasteiger partial charge in [0.15, 0.2) is 15.6 Å². The number of nitrogens with one attached hydrogen (secondary N) is 1. The monoisotopic (exact) mass is 365 g/mol. The second-order valence-corrected chi connectivity index (χ2v) is 7.31. The molecule has 2 aromatic carbocycles. The molecular formula is C17H16FNO5S. The molecule has 2 rings (SSSR count). The first kappa shape index (κ1) is 18.6. The summed E-state index contributed by atoms with van der Waals surface area (Å²) in [5.41, 5.74) is 0.447. The van der Waals surface area contributed by atoms with Crippen LogP contribution in [0.1, 0.15) is 10.4 Å². The van der Waals surface area contributed by atoms with Gasteiger partial charge in [-0.25, -0.2) is 12.8 Å². The molecule has 2 aromatic rings. The summed E-state index contributed by atoms with van der Waals surface area (Å²) in [5, 5.41) is 2.34. The van der Waals surface area contributed by atoms with Gasteiger partial charge in [-0.1, -0.05) is 12.1 Å². The highest BCUT2D eigenvalue weighted by Gasteiger charge is 2.22. The summed E-state index contributed by atoms with van der Waals surface area (Å²) in [5.74, 6) is -3.12. The number of carbonyl (C=O) groups is 2. The minimum Gasteiger partial charge on any atom is -0.497 e. The van der Waals surface area contributed by atoms with Crippen LogP contribution in [0.25, 0.3) is 0 Å². The van der Waals surface area contributed by atoms with E-state index in [1.807, 2.05) is 0 Å². The van der Waals surface area contributed by atoms with E-state index < -0.39 is 38.9 Å². The molecule has 0 radical (unpaired) electrons. The molecule has 0 fully saturated rings. The number of carbonyl (C=O) groups excluding carboxylic acids is 2. The van der Waals surface area contributed by atoms with Crippen LogP contribution in [0.5, 0.6) is 5.75 Å². The molecule has 0 heterocycles. The Balaban J connectivity index is 1.99. The Hall–Kier alpha value is -2.74. The number of amides is 1. The van der Waals surface area contributed by atoms with Crippen LogP contribution < -0.4 is 10.1 Å². The average Bonchev–Trinajstić information content (AvgIpc) is 2.56. The summed E-state index contributed by atoms with van der Waals surface area (Å²) in [6, 6.07) is 11.0. The molecule has 0 bridgehead atoms. The second-order valence-electron chi connectivity index (χ2n) is 5.24. The lowest BCUT2D eigenvalue weighted by Crippen LogP contribution is -2.27. The minimum atomic E-state index is -3.95. The molecule has 1 N–H and O–H groups in total. The number of rotatable bonds is 7. The third-order valence-electron chi connectivity index (χ3n) is 3.22. The summed E-state index contributed by atoms with van der Waals surface area (Å²) in [6.45, 7) is 0. The Labute approximate surface area is 144 Å². The molecule has 0 aliphatic carbocycles. The Kier molecular flexibility index (Phi) is 5.87. The van der Waals surface area contributed by atoms with Crippen LogP contribution in [0.15, 0.2) is 48.5 Å². The van der Waals surface area contributed by atoms with Crippen LogP contribution in [0.3, 0.4) is 0 Å². The van der Waals surface area contributed by atoms with Crippen molar-refractivity contribution in [3.8, 4) is 5.75 Å². The molecular weight excluding hydrogens is 349 g/mol. The van der Waals surface area contributed by atoms with Gasteiger partial charge in [-0.2, -0.15) is 0 Å². The van der Waals surface area contributed by atoms with Crippen molar-refractivity contribution in [1.29, 1.82) is 0 Å². The number of anilines is 1. The molecule has 0 spiro atoms. The molecule has 25 heavy (non-hydrogen) atoms. The van der Waals surface area contributed by atoms with Crippen LogP contribution in [-0.4, -0.2) is 38.7 Å². The van der Waals surface area contributed by atoms with Crippen LogP contribution in [0, 0.1) is 5.82 Å². The molecule has 0 saturated carbocycles. The van der Waals surface area contributed by atoms with E-state index >= 15 is 0 Å². The first-order valence-electron chi connectivity index (χ1n) is 7.22. The molecule has 0 atom stereocenters. The number of methoxy groups -OCH3 is 1. The summed E-state index contributed by atoms with van der Waals surface area (Å²) >= 11 is 0. The van der Waals surface area contributed by atoms with Gasteiger partial charge in [0.05, 0.1) is 7.11 Å². The fourth-order valence-electron chi connectivity index (χ4n) is 2.06. The van der Waals surface area contributed by atoms with Gasteiger partial charge in [0.2, 0.25) is 5.91 Å². The fourth-order valence-corrected chi connectivity index (χ4v) is 3.20. The summed E-state index contributed by atoms with van der Waals surface area (Å²) in [6.07, 6.45) is 0. The van der Waals surface area contributed by atoms with E-state index in [0.29, 0.717) is 5.75 Å².